The Bertz CT molecular complexity index is 352. The fourth-order valence-electron chi connectivity index (χ4n) is 0.605. The van der Waals surface area contributed by atoms with Gasteiger partial charge in [-0.3, -0.25) is 9.59 Å². The third-order valence-corrected chi connectivity index (χ3v) is 2.46. The van der Waals surface area contributed by atoms with Gasteiger partial charge in [0.15, 0.2) is 0 Å². The lowest BCUT2D eigenvalue weighted by molar-refractivity contribution is -0.121. The lowest BCUT2D eigenvalue weighted by Gasteiger charge is -2.04. The fourth-order valence-corrected chi connectivity index (χ4v) is 1.27. The van der Waals surface area contributed by atoms with Crippen LogP contribution in [0.25, 0.3) is 0 Å². The molecule has 0 radical (unpaired) electrons. The summed E-state index contributed by atoms with van der Waals surface area (Å²) in [7, 11) is 1.24. The summed E-state index contributed by atoms with van der Waals surface area (Å²) in [5.74, 6) is -1.38. The number of carbonyl (C=O) groups is 2. The molecule has 0 atom stereocenters. The standard InChI is InChI=1S/C7H11ClN2O4S/c1-2-6(11)9-5-10-7(12)3-4-15(8,13)14/h2H,1,3-5H2,(H,9,11)(H,10,12). The molecule has 0 fully saturated rings. The van der Waals surface area contributed by atoms with Crippen molar-refractivity contribution in [2.75, 3.05) is 12.4 Å². The summed E-state index contributed by atoms with van der Waals surface area (Å²) in [5, 5.41) is 4.57. The summed E-state index contributed by atoms with van der Waals surface area (Å²) in [6, 6.07) is 0. The first-order chi connectivity index (χ1) is 6.85. The molecule has 0 unspecified atom stereocenters. The van der Waals surface area contributed by atoms with Crippen molar-refractivity contribution in [2.45, 2.75) is 6.42 Å². The van der Waals surface area contributed by atoms with E-state index in [-0.39, 0.29) is 13.1 Å². The van der Waals surface area contributed by atoms with E-state index < -0.39 is 26.6 Å². The minimum absolute atomic E-state index is 0.0774. The second kappa shape index (κ2) is 6.41. The van der Waals surface area contributed by atoms with Crippen molar-refractivity contribution in [1.82, 2.24) is 10.6 Å². The van der Waals surface area contributed by atoms with E-state index in [9.17, 15) is 18.0 Å². The van der Waals surface area contributed by atoms with Crippen LogP contribution in [0.4, 0.5) is 0 Å². The molecule has 0 bridgehead atoms. The molecule has 0 rings (SSSR count). The minimum Gasteiger partial charge on any atom is -0.339 e. The Morgan fingerprint density at radius 3 is 2.40 bits per heavy atom. The van der Waals surface area contributed by atoms with Gasteiger partial charge in [-0.1, -0.05) is 6.58 Å². The number of halogens is 1. The molecule has 86 valence electrons. The molecule has 2 N–H and O–H groups in total. The number of carbonyl (C=O) groups excluding carboxylic acids is 2. The summed E-state index contributed by atoms with van der Waals surface area (Å²) >= 11 is 0. The van der Waals surface area contributed by atoms with Crippen molar-refractivity contribution in [1.29, 1.82) is 0 Å². The van der Waals surface area contributed by atoms with Crippen molar-refractivity contribution in [3.05, 3.63) is 12.7 Å². The van der Waals surface area contributed by atoms with Crippen molar-refractivity contribution in [3.63, 3.8) is 0 Å². The average molecular weight is 255 g/mol. The van der Waals surface area contributed by atoms with E-state index in [1.807, 2.05) is 0 Å². The number of hydrogen-bond acceptors (Lipinski definition) is 4. The van der Waals surface area contributed by atoms with Gasteiger partial charge in [0.25, 0.3) is 0 Å². The highest BCUT2D eigenvalue weighted by atomic mass is 35.7. The first kappa shape index (κ1) is 13.9. The van der Waals surface area contributed by atoms with Gasteiger partial charge in [-0.05, 0) is 6.08 Å². The number of nitrogens with one attached hydrogen (secondary N) is 2. The normalized spacial score (nSPS) is 10.5. The molecule has 6 nitrogen and oxygen atoms in total. The minimum atomic E-state index is -3.66. The molecule has 8 heteroatoms. The topological polar surface area (TPSA) is 92.3 Å². The summed E-state index contributed by atoms with van der Waals surface area (Å²) in [6.07, 6.45) is 0.811. The molecular weight excluding hydrogens is 244 g/mol. The fraction of sp³-hybridized carbons (Fsp3) is 0.429. The van der Waals surface area contributed by atoms with Gasteiger partial charge in [0.2, 0.25) is 20.9 Å². The zero-order valence-corrected chi connectivity index (χ0v) is 9.40. The van der Waals surface area contributed by atoms with E-state index in [4.69, 9.17) is 10.7 Å². The van der Waals surface area contributed by atoms with Crippen molar-refractivity contribution >= 4 is 31.5 Å². The maximum Gasteiger partial charge on any atom is 0.244 e. The molecule has 0 saturated carbocycles. The Morgan fingerprint density at radius 2 is 1.93 bits per heavy atom. The third-order valence-electron chi connectivity index (χ3n) is 1.31. The first-order valence-corrected chi connectivity index (χ1v) is 6.42. The van der Waals surface area contributed by atoms with Crippen LogP contribution >= 0.6 is 10.7 Å². The highest BCUT2D eigenvalue weighted by Crippen LogP contribution is 1.97. The molecule has 0 spiro atoms. The summed E-state index contributed by atoms with van der Waals surface area (Å²) in [5.41, 5.74) is 0. The number of amides is 2. The van der Waals surface area contributed by atoms with Crippen LogP contribution < -0.4 is 10.6 Å². The summed E-state index contributed by atoms with van der Waals surface area (Å²) in [4.78, 5) is 21.6. The van der Waals surface area contributed by atoms with Crippen LogP contribution in [0, 0.1) is 0 Å². The van der Waals surface area contributed by atoms with Crippen LogP contribution in [0.3, 0.4) is 0 Å². The van der Waals surface area contributed by atoms with Gasteiger partial charge >= 0.3 is 0 Å². The molecule has 0 aliphatic rings. The number of hydrogen-bond donors (Lipinski definition) is 2. The van der Waals surface area contributed by atoms with Gasteiger partial charge in [-0.25, -0.2) is 8.42 Å². The Balaban J connectivity index is 3.68. The first-order valence-electron chi connectivity index (χ1n) is 3.94. The Labute approximate surface area is 92.1 Å². The highest BCUT2D eigenvalue weighted by Gasteiger charge is 2.09. The van der Waals surface area contributed by atoms with E-state index >= 15 is 0 Å². The van der Waals surface area contributed by atoms with Gasteiger partial charge in [-0.15, -0.1) is 0 Å². The highest BCUT2D eigenvalue weighted by molar-refractivity contribution is 8.13. The number of rotatable bonds is 6. The van der Waals surface area contributed by atoms with Gasteiger partial charge < -0.3 is 10.6 Å². The molecule has 15 heavy (non-hydrogen) atoms. The predicted octanol–water partition coefficient (Wildman–Crippen LogP) is -0.679. The molecular formula is C7H11ClN2O4S. The second-order valence-corrected chi connectivity index (χ2v) is 5.41. The van der Waals surface area contributed by atoms with Crippen LogP contribution in [-0.4, -0.2) is 32.7 Å². The monoisotopic (exact) mass is 254 g/mol. The van der Waals surface area contributed by atoms with E-state index in [1.54, 1.807) is 0 Å². The molecule has 0 aromatic carbocycles. The molecule has 0 heterocycles. The molecule has 0 aliphatic heterocycles. The third kappa shape index (κ3) is 9.23. The van der Waals surface area contributed by atoms with Gasteiger partial charge in [-0.2, -0.15) is 0 Å². The lowest BCUT2D eigenvalue weighted by atomic mass is 10.4. The van der Waals surface area contributed by atoms with Gasteiger partial charge in [0.05, 0.1) is 12.4 Å². The van der Waals surface area contributed by atoms with E-state index in [0.29, 0.717) is 0 Å². The SMILES string of the molecule is C=CC(=O)NCNC(=O)CCS(=O)(=O)Cl. The van der Waals surface area contributed by atoms with Gasteiger partial charge in [0.1, 0.15) is 0 Å². The summed E-state index contributed by atoms with van der Waals surface area (Å²) in [6.45, 7) is 3.13. The van der Waals surface area contributed by atoms with Gasteiger partial charge in [0, 0.05) is 17.1 Å². The van der Waals surface area contributed by atoms with Crippen LogP contribution in [0.2, 0.25) is 0 Å². The smallest absolute Gasteiger partial charge is 0.244 e. The summed E-state index contributed by atoms with van der Waals surface area (Å²) < 4.78 is 20.9. The average Bonchev–Trinajstić information content (AvgIpc) is 2.13. The maximum absolute atomic E-state index is 10.9. The quantitative estimate of drug-likeness (QED) is 0.373. The van der Waals surface area contributed by atoms with Crippen LogP contribution in [0.5, 0.6) is 0 Å². The Morgan fingerprint density at radius 1 is 1.33 bits per heavy atom. The van der Waals surface area contributed by atoms with Crippen molar-refractivity contribution < 1.29 is 18.0 Å². The predicted molar refractivity (Wildman–Crippen MR) is 55.6 cm³/mol. The Hall–Kier alpha value is -1.08. The zero-order chi connectivity index (χ0) is 11.9. The largest absolute Gasteiger partial charge is 0.339 e. The maximum atomic E-state index is 10.9. The Kier molecular flexibility index (Phi) is 5.95. The van der Waals surface area contributed by atoms with Crippen LogP contribution in [-0.2, 0) is 18.6 Å². The second-order valence-electron chi connectivity index (χ2n) is 2.51. The van der Waals surface area contributed by atoms with Crippen molar-refractivity contribution in [2.24, 2.45) is 0 Å². The van der Waals surface area contributed by atoms with Crippen molar-refractivity contribution in [3.8, 4) is 0 Å². The van der Waals surface area contributed by atoms with E-state index in [2.05, 4.69) is 17.2 Å². The molecule has 2 amide bonds. The lowest BCUT2D eigenvalue weighted by Crippen LogP contribution is -2.36. The molecule has 0 aliphatic carbocycles. The van der Waals surface area contributed by atoms with Crippen LogP contribution in [0.15, 0.2) is 12.7 Å². The van der Waals surface area contributed by atoms with E-state index in [1.165, 1.54) is 0 Å². The zero-order valence-electron chi connectivity index (χ0n) is 7.82. The molecule has 0 saturated heterocycles. The molecule has 0 aromatic rings. The van der Waals surface area contributed by atoms with E-state index in [0.717, 1.165) is 6.08 Å². The molecule has 0 aromatic heterocycles. The van der Waals surface area contributed by atoms with Crippen LogP contribution in [0.1, 0.15) is 6.42 Å².